The Labute approximate surface area is 187 Å². The van der Waals surface area contributed by atoms with Crippen LogP contribution in [-0.4, -0.2) is 68.8 Å². The molecule has 0 bridgehead atoms. The second-order valence-electron chi connectivity index (χ2n) is 8.25. The smallest absolute Gasteiger partial charge is 0.206 e. The summed E-state index contributed by atoms with van der Waals surface area (Å²) in [5.41, 5.74) is 15.4. The van der Waals surface area contributed by atoms with Gasteiger partial charge in [-0.2, -0.15) is 0 Å². The monoisotopic (exact) mass is 438 g/mol. The highest BCUT2D eigenvalue weighted by Crippen LogP contribution is 2.40. The predicted octanol–water partition coefficient (Wildman–Crippen LogP) is 0.834. The van der Waals surface area contributed by atoms with Crippen LogP contribution in [0.25, 0.3) is 0 Å². The number of nitrogens with two attached hydrogens (primary N) is 2. The summed E-state index contributed by atoms with van der Waals surface area (Å²) in [6, 6.07) is 14.1. The lowest BCUT2D eigenvalue weighted by Crippen LogP contribution is -2.55. The van der Waals surface area contributed by atoms with E-state index in [-0.39, 0.29) is 23.2 Å². The number of methoxy groups -OCH3 is 2. The highest BCUT2D eigenvalue weighted by Gasteiger charge is 2.38. The fourth-order valence-electron chi connectivity index (χ4n) is 4.77. The molecule has 8 heteroatoms. The van der Waals surface area contributed by atoms with E-state index in [4.69, 9.17) is 20.9 Å². The maximum Gasteiger partial charge on any atom is 0.206 e. The number of rotatable bonds is 7. The Morgan fingerprint density at radius 1 is 1.03 bits per heavy atom. The van der Waals surface area contributed by atoms with Crippen LogP contribution in [0.15, 0.2) is 42.5 Å². The third-order valence-electron chi connectivity index (χ3n) is 6.43. The van der Waals surface area contributed by atoms with Crippen molar-refractivity contribution < 1.29 is 19.1 Å². The first-order valence-corrected chi connectivity index (χ1v) is 10.8. The normalized spacial score (nSPS) is 22.5. The second-order valence-corrected chi connectivity index (χ2v) is 8.25. The Hall–Kier alpha value is -2.46. The summed E-state index contributed by atoms with van der Waals surface area (Å²) < 4.78 is 10.1. The summed E-state index contributed by atoms with van der Waals surface area (Å²) in [4.78, 5) is 28.6. The number of carbonyl (C=O) groups is 2. The van der Waals surface area contributed by atoms with Crippen molar-refractivity contribution in [2.45, 2.75) is 31.0 Å². The topological polar surface area (TPSA) is 120 Å². The van der Waals surface area contributed by atoms with E-state index in [1.165, 1.54) is 14.2 Å². The Morgan fingerprint density at radius 2 is 1.66 bits per heavy atom. The first-order chi connectivity index (χ1) is 15.5. The van der Waals surface area contributed by atoms with Crippen molar-refractivity contribution in [3.63, 3.8) is 0 Å². The Kier molecular flexibility index (Phi) is 6.80. The summed E-state index contributed by atoms with van der Waals surface area (Å²) in [5, 5.41) is 3.47. The first kappa shape index (κ1) is 22.7. The summed E-state index contributed by atoms with van der Waals surface area (Å²) in [6.07, 6.45) is -1.58. The van der Waals surface area contributed by atoms with Gasteiger partial charge in [0.25, 0.3) is 0 Å². The number of benzene rings is 2. The van der Waals surface area contributed by atoms with E-state index >= 15 is 0 Å². The van der Waals surface area contributed by atoms with Gasteiger partial charge in [0, 0.05) is 51.0 Å². The van der Waals surface area contributed by atoms with E-state index < -0.39 is 24.0 Å². The molecule has 0 spiro atoms. The molecule has 4 rings (SSSR count). The van der Waals surface area contributed by atoms with Gasteiger partial charge in [0.2, 0.25) is 11.6 Å². The maximum atomic E-state index is 13.1. The third-order valence-corrected chi connectivity index (χ3v) is 6.43. The SMILES string of the molecule is COC(N)C(=O)c1cc2c(cc1C(=O)C(N)OC)C(c1ccccc1)N1CCNCC1C2. The summed E-state index contributed by atoms with van der Waals surface area (Å²) in [5.74, 6) is -0.918. The lowest BCUT2D eigenvalue weighted by Gasteiger charge is -2.46. The highest BCUT2D eigenvalue weighted by atomic mass is 16.5. The van der Waals surface area contributed by atoms with Crippen LogP contribution in [0.2, 0.25) is 0 Å². The molecule has 2 heterocycles. The molecule has 2 aromatic rings. The van der Waals surface area contributed by atoms with Gasteiger partial charge in [0.05, 0.1) is 6.04 Å². The number of hydrogen-bond acceptors (Lipinski definition) is 8. The van der Waals surface area contributed by atoms with Crippen molar-refractivity contribution in [2.24, 2.45) is 11.5 Å². The molecule has 0 radical (unpaired) electrons. The van der Waals surface area contributed by atoms with Gasteiger partial charge in [0.1, 0.15) is 0 Å². The Bertz CT molecular complexity index is 997. The van der Waals surface area contributed by atoms with E-state index in [1.54, 1.807) is 6.07 Å². The van der Waals surface area contributed by atoms with Gasteiger partial charge in [-0.3, -0.25) is 26.0 Å². The second kappa shape index (κ2) is 9.58. The zero-order valence-corrected chi connectivity index (χ0v) is 18.4. The van der Waals surface area contributed by atoms with Gasteiger partial charge < -0.3 is 14.8 Å². The zero-order valence-electron chi connectivity index (χ0n) is 18.4. The van der Waals surface area contributed by atoms with E-state index in [9.17, 15) is 9.59 Å². The first-order valence-electron chi connectivity index (χ1n) is 10.8. The quantitative estimate of drug-likeness (QED) is 0.430. The molecule has 1 fully saturated rings. The molecule has 1 saturated heterocycles. The molecular weight excluding hydrogens is 408 g/mol. The minimum atomic E-state index is -1.18. The molecule has 2 aromatic carbocycles. The molecule has 2 aliphatic rings. The van der Waals surface area contributed by atoms with Gasteiger partial charge in [-0.05, 0) is 35.2 Å². The van der Waals surface area contributed by atoms with Crippen LogP contribution < -0.4 is 16.8 Å². The largest absolute Gasteiger partial charge is 0.359 e. The molecule has 0 aliphatic carbocycles. The van der Waals surface area contributed by atoms with E-state index in [0.717, 1.165) is 42.7 Å². The van der Waals surface area contributed by atoms with E-state index in [2.05, 4.69) is 22.3 Å². The predicted molar refractivity (Wildman–Crippen MR) is 120 cm³/mol. The zero-order chi connectivity index (χ0) is 22.8. The Balaban J connectivity index is 1.91. The van der Waals surface area contributed by atoms with Crippen LogP contribution >= 0.6 is 0 Å². The van der Waals surface area contributed by atoms with Crippen molar-refractivity contribution in [1.29, 1.82) is 0 Å². The molecule has 2 aliphatic heterocycles. The molecule has 0 aromatic heterocycles. The van der Waals surface area contributed by atoms with Crippen molar-refractivity contribution >= 4 is 11.6 Å². The molecule has 0 saturated carbocycles. The van der Waals surface area contributed by atoms with E-state index in [1.807, 2.05) is 24.3 Å². The number of fused-ring (bicyclic) bond motifs is 2. The van der Waals surface area contributed by atoms with Crippen LogP contribution in [0.5, 0.6) is 0 Å². The lowest BCUT2D eigenvalue weighted by molar-refractivity contribution is 0.0591. The Morgan fingerprint density at radius 3 is 2.28 bits per heavy atom. The summed E-state index contributed by atoms with van der Waals surface area (Å²) >= 11 is 0. The number of hydrogen-bond donors (Lipinski definition) is 3. The maximum absolute atomic E-state index is 13.1. The lowest BCUT2D eigenvalue weighted by atomic mass is 9.80. The summed E-state index contributed by atoms with van der Waals surface area (Å²) in [6.45, 7) is 2.65. The van der Waals surface area contributed by atoms with Crippen molar-refractivity contribution in [3.8, 4) is 0 Å². The number of nitrogens with one attached hydrogen (secondary N) is 1. The van der Waals surface area contributed by atoms with Gasteiger partial charge >= 0.3 is 0 Å². The van der Waals surface area contributed by atoms with Crippen molar-refractivity contribution in [3.05, 3.63) is 70.3 Å². The number of ether oxygens (including phenoxy) is 2. The van der Waals surface area contributed by atoms with Crippen molar-refractivity contribution in [1.82, 2.24) is 10.2 Å². The molecule has 4 atom stereocenters. The number of nitrogens with zero attached hydrogens (tertiary/aromatic N) is 1. The van der Waals surface area contributed by atoms with Crippen LogP contribution in [-0.2, 0) is 15.9 Å². The average molecular weight is 439 g/mol. The molecule has 8 nitrogen and oxygen atoms in total. The van der Waals surface area contributed by atoms with Gasteiger partial charge in [0.15, 0.2) is 12.5 Å². The van der Waals surface area contributed by atoms with Gasteiger partial charge in [-0.1, -0.05) is 30.3 Å². The van der Waals surface area contributed by atoms with Gasteiger partial charge in [-0.15, -0.1) is 0 Å². The fraction of sp³-hybridized carbons (Fsp3) is 0.417. The third kappa shape index (κ3) is 4.13. The molecule has 5 N–H and O–H groups in total. The van der Waals surface area contributed by atoms with Crippen LogP contribution in [0.1, 0.15) is 43.4 Å². The molecule has 4 unspecified atom stereocenters. The number of piperazine rings is 1. The number of carbonyl (C=O) groups excluding carboxylic acids is 2. The van der Waals surface area contributed by atoms with E-state index in [0.29, 0.717) is 0 Å². The van der Waals surface area contributed by atoms with Gasteiger partial charge in [-0.25, -0.2) is 0 Å². The number of ketones is 2. The fourth-order valence-corrected chi connectivity index (χ4v) is 4.77. The molecular formula is C24H30N4O4. The number of Topliss-reactive ketones (excluding diaryl/α,β-unsaturated/α-hetero) is 2. The summed E-state index contributed by atoms with van der Waals surface area (Å²) in [7, 11) is 2.72. The van der Waals surface area contributed by atoms with Crippen LogP contribution in [0, 0.1) is 0 Å². The standard InChI is InChI=1S/C24H30N4O4/c1-31-23(25)21(29)18-11-15-10-16-13-27-8-9-28(16)20(14-6-4-3-5-7-14)17(15)12-19(18)22(30)24(26)32-2/h3-7,11-12,16,20,23-24,27H,8-10,13,25-26H2,1-2H3. The molecule has 0 amide bonds. The van der Waals surface area contributed by atoms with Crippen LogP contribution in [0.3, 0.4) is 0 Å². The van der Waals surface area contributed by atoms with Crippen molar-refractivity contribution in [2.75, 3.05) is 33.9 Å². The molecule has 170 valence electrons. The average Bonchev–Trinajstić information content (AvgIpc) is 2.85. The minimum Gasteiger partial charge on any atom is -0.359 e. The van der Waals surface area contributed by atoms with Crippen LogP contribution in [0.4, 0.5) is 0 Å². The minimum absolute atomic E-state index is 0.0300. The highest BCUT2D eigenvalue weighted by molar-refractivity contribution is 6.11. The molecule has 32 heavy (non-hydrogen) atoms.